The van der Waals surface area contributed by atoms with Gasteiger partial charge in [-0.3, -0.25) is 0 Å². The molecule has 0 saturated carbocycles. The van der Waals surface area contributed by atoms with Crippen LogP contribution in [0, 0.1) is 6.92 Å². The minimum absolute atomic E-state index is 0.203. The summed E-state index contributed by atoms with van der Waals surface area (Å²) in [6.45, 7) is 4.21. The first-order valence-corrected chi connectivity index (χ1v) is 6.99. The number of nitrogen functional groups attached to an aromatic ring is 1. The van der Waals surface area contributed by atoms with E-state index in [-0.39, 0.29) is 6.04 Å². The highest BCUT2D eigenvalue weighted by atomic mass is 79.9. The van der Waals surface area contributed by atoms with Crippen molar-refractivity contribution >= 4 is 27.4 Å². The molecular weight excluding hydrogens is 302 g/mol. The summed E-state index contributed by atoms with van der Waals surface area (Å²) in [5, 5.41) is 0. The van der Waals surface area contributed by atoms with Gasteiger partial charge in [0.05, 0.1) is 10.5 Å². The number of nitrogens with two attached hydrogens (primary N) is 1. The molecule has 1 heterocycles. The van der Waals surface area contributed by atoms with Crippen molar-refractivity contribution in [3.63, 3.8) is 0 Å². The molecule has 2 rings (SSSR count). The number of nitrogens with zero attached hydrogens (tertiary/aromatic N) is 2. The van der Waals surface area contributed by atoms with Gasteiger partial charge in [-0.2, -0.15) is 0 Å². The number of hydrogen-bond donors (Lipinski definition) is 1. The molecule has 1 aromatic heterocycles. The second kappa shape index (κ2) is 5.61. The van der Waals surface area contributed by atoms with E-state index in [2.05, 4.69) is 45.7 Å². The van der Waals surface area contributed by atoms with Crippen LogP contribution in [-0.2, 0) is 0 Å². The summed E-state index contributed by atoms with van der Waals surface area (Å²) in [5.41, 5.74) is 8.99. The lowest BCUT2D eigenvalue weighted by molar-refractivity contribution is 0.726. The first-order chi connectivity index (χ1) is 9.00. The van der Waals surface area contributed by atoms with Crippen molar-refractivity contribution in [1.29, 1.82) is 0 Å². The zero-order valence-corrected chi connectivity index (χ0v) is 13.0. The topological polar surface area (TPSA) is 42.2 Å². The van der Waals surface area contributed by atoms with Crippen LogP contribution in [0.5, 0.6) is 0 Å². The molecule has 0 fully saturated rings. The highest BCUT2D eigenvalue weighted by molar-refractivity contribution is 9.10. The van der Waals surface area contributed by atoms with E-state index in [1.807, 2.05) is 37.5 Å². The van der Waals surface area contributed by atoms with E-state index in [0.717, 1.165) is 16.0 Å². The molecule has 3 nitrogen and oxygen atoms in total. The third kappa shape index (κ3) is 2.89. The molecule has 0 aliphatic rings. The van der Waals surface area contributed by atoms with Crippen LogP contribution in [0.15, 0.2) is 41.0 Å². The van der Waals surface area contributed by atoms with Crippen molar-refractivity contribution in [3.05, 3.63) is 52.1 Å². The molecule has 100 valence electrons. The number of rotatable bonds is 3. The van der Waals surface area contributed by atoms with Crippen molar-refractivity contribution in [2.75, 3.05) is 17.7 Å². The molecule has 0 amide bonds. The monoisotopic (exact) mass is 319 g/mol. The Bertz CT molecular complexity index is 583. The van der Waals surface area contributed by atoms with Gasteiger partial charge >= 0.3 is 0 Å². The Labute approximate surface area is 122 Å². The zero-order chi connectivity index (χ0) is 14.0. The molecule has 1 aromatic carbocycles. The molecule has 1 atom stereocenters. The number of pyridine rings is 1. The van der Waals surface area contributed by atoms with E-state index in [1.165, 1.54) is 11.1 Å². The maximum Gasteiger partial charge on any atom is 0.143 e. The quantitative estimate of drug-likeness (QED) is 0.871. The van der Waals surface area contributed by atoms with Gasteiger partial charge in [-0.25, -0.2) is 4.98 Å². The number of anilines is 2. The van der Waals surface area contributed by atoms with Gasteiger partial charge in [-0.05, 0) is 59.1 Å². The Morgan fingerprint density at radius 2 is 2.05 bits per heavy atom. The maximum absolute atomic E-state index is 5.85. The summed E-state index contributed by atoms with van der Waals surface area (Å²) in [7, 11) is 2.04. The van der Waals surface area contributed by atoms with Crippen molar-refractivity contribution in [3.8, 4) is 0 Å². The third-order valence-corrected chi connectivity index (χ3v) is 4.35. The average molecular weight is 320 g/mol. The predicted molar refractivity (Wildman–Crippen MR) is 84.3 cm³/mol. The Morgan fingerprint density at radius 1 is 1.32 bits per heavy atom. The molecule has 0 spiro atoms. The highest BCUT2D eigenvalue weighted by Gasteiger charge is 2.16. The second-order valence-corrected chi connectivity index (χ2v) is 5.52. The van der Waals surface area contributed by atoms with Crippen LogP contribution in [0.1, 0.15) is 24.1 Å². The standard InChI is InChI=1S/C15H18BrN3/c1-10-7-8-18-15(14(10)16)19(3)11(2)12-5-4-6-13(17)9-12/h4-9,11H,17H2,1-3H3. The van der Waals surface area contributed by atoms with E-state index in [9.17, 15) is 0 Å². The van der Waals surface area contributed by atoms with E-state index in [0.29, 0.717) is 0 Å². The van der Waals surface area contributed by atoms with Crippen molar-refractivity contribution in [2.24, 2.45) is 0 Å². The van der Waals surface area contributed by atoms with Crippen LogP contribution in [0.4, 0.5) is 11.5 Å². The Hall–Kier alpha value is -1.55. The fourth-order valence-electron chi connectivity index (χ4n) is 2.00. The number of halogens is 1. The summed E-state index contributed by atoms with van der Waals surface area (Å²) < 4.78 is 1.04. The molecule has 0 bridgehead atoms. The van der Waals surface area contributed by atoms with Gasteiger partial charge in [0.2, 0.25) is 0 Å². The molecule has 0 aliphatic heterocycles. The van der Waals surface area contributed by atoms with Gasteiger partial charge in [-0.1, -0.05) is 12.1 Å². The molecule has 0 saturated heterocycles. The van der Waals surface area contributed by atoms with E-state index in [4.69, 9.17) is 5.73 Å². The lowest BCUT2D eigenvalue weighted by Crippen LogP contribution is -2.23. The SMILES string of the molecule is Cc1ccnc(N(C)C(C)c2cccc(N)c2)c1Br. The number of aromatic nitrogens is 1. The van der Waals surface area contributed by atoms with Gasteiger partial charge in [0.25, 0.3) is 0 Å². The predicted octanol–water partition coefficient (Wildman–Crippen LogP) is 3.93. The zero-order valence-electron chi connectivity index (χ0n) is 11.4. The maximum atomic E-state index is 5.85. The van der Waals surface area contributed by atoms with E-state index in [1.54, 1.807) is 0 Å². The minimum Gasteiger partial charge on any atom is -0.399 e. The average Bonchev–Trinajstić information content (AvgIpc) is 2.40. The Kier molecular flexibility index (Phi) is 4.10. The number of hydrogen-bond acceptors (Lipinski definition) is 3. The Morgan fingerprint density at radius 3 is 2.74 bits per heavy atom. The van der Waals surface area contributed by atoms with Gasteiger partial charge in [0.15, 0.2) is 0 Å². The molecule has 19 heavy (non-hydrogen) atoms. The van der Waals surface area contributed by atoms with Gasteiger partial charge in [0, 0.05) is 18.9 Å². The van der Waals surface area contributed by atoms with Crippen molar-refractivity contribution < 1.29 is 0 Å². The van der Waals surface area contributed by atoms with Crippen LogP contribution in [0.25, 0.3) is 0 Å². The first-order valence-electron chi connectivity index (χ1n) is 6.20. The summed E-state index contributed by atoms with van der Waals surface area (Å²) >= 11 is 3.61. The van der Waals surface area contributed by atoms with Crippen molar-refractivity contribution in [1.82, 2.24) is 4.98 Å². The Balaban J connectivity index is 2.33. The largest absolute Gasteiger partial charge is 0.399 e. The second-order valence-electron chi connectivity index (χ2n) is 4.72. The third-order valence-electron chi connectivity index (χ3n) is 3.37. The van der Waals surface area contributed by atoms with E-state index >= 15 is 0 Å². The van der Waals surface area contributed by atoms with E-state index < -0.39 is 0 Å². The first kappa shape index (κ1) is 13.9. The van der Waals surface area contributed by atoms with Crippen LogP contribution >= 0.6 is 15.9 Å². The molecule has 4 heteroatoms. The highest BCUT2D eigenvalue weighted by Crippen LogP contribution is 2.31. The van der Waals surface area contributed by atoms with Gasteiger partial charge in [0.1, 0.15) is 5.82 Å². The lowest BCUT2D eigenvalue weighted by Gasteiger charge is -2.27. The van der Waals surface area contributed by atoms with Crippen LogP contribution in [-0.4, -0.2) is 12.0 Å². The van der Waals surface area contributed by atoms with Crippen LogP contribution in [0.3, 0.4) is 0 Å². The molecule has 1 unspecified atom stereocenters. The molecule has 0 aliphatic carbocycles. The summed E-state index contributed by atoms with van der Waals surface area (Å²) in [6, 6.07) is 10.2. The van der Waals surface area contributed by atoms with Crippen LogP contribution in [0.2, 0.25) is 0 Å². The van der Waals surface area contributed by atoms with Crippen LogP contribution < -0.4 is 10.6 Å². The summed E-state index contributed by atoms with van der Waals surface area (Å²) in [5.74, 6) is 0.940. The van der Waals surface area contributed by atoms with Gasteiger partial charge in [-0.15, -0.1) is 0 Å². The number of benzene rings is 1. The molecule has 0 radical (unpaired) electrons. The molecule has 2 N–H and O–H groups in total. The lowest BCUT2D eigenvalue weighted by atomic mass is 10.1. The molecular formula is C15H18BrN3. The van der Waals surface area contributed by atoms with Crippen molar-refractivity contribution in [2.45, 2.75) is 19.9 Å². The fraction of sp³-hybridized carbons (Fsp3) is 0.267. The minimum atomic E-state index is 0.203. The molecule has 2 aromatic rings. The summed E-state index contributed by atoms with van der Waals surface area (Å²) in [4.78, 5) is 6.60. The smallest absolute Gasteiger partial charge is 0.143 e. The fourth-order valence-corrected chi connectivity index (χ4v) is 2.51. The summed E-state index contributed by atoms with van der Waals surface area (Å²) in [6.07, 6.45) is 1.83. The normalized spacial score (nSPS) is 12.2. The number of aryl methyl sites for hydroxylation is 1. The van der Waals surface area contributed by atoms with Gasteiger partial charge < -0.3 is 10.6 Å².